The Balaban J connectivity index is 1.50. The molecule has 4 rings (SSSR count). The minimum atomic E-state index is -0.942. The number of likely N-dealkylation sites (tertiary alicyclic amines) is 1. The number of amides is 1. The van der Waals surface area contributed by atoms with Crippen molar-refractivity contribution < 1.29 is 28.2 Å². The van der Waals surface area contributed by atoms with Crippen LogP contribution < -0.4 is 0 Å². The summed E-state index contributed by atoms with van der Waals surface area (Å²) in [6, 6.07) is 4.00. The average molecular weight is 351 g/mol. The third-order valence-corrected chi connectivity index (χ3v) is 5.93. The molecule has 2 saturated heterocycles. The van der Waals surface area contributed by atoms with Crippen LogP contribution in [0.1, 0.15) is 24.3 Å². The van der Waals surface area contributed by atoms with Gasteiger partial charge in [0.05, 0.1) is 12.0 Å². The number of benzene rings is 1. The summed E-state index contributed by atoms with van der Waals surface area (Å²) >= 11 is 0. The number of carbonyl (C=O) groups excluding carboxylic acids is 1. The van der Waals surface area contributed by atoms with Crippen LogP contribution in [-0.4, -0.2) is 48.2 Å². The molecule has 4 atom stereocenters. The van der Waals surface area contributed by atoms with Crippen molar-refractivity contribution in [2.24, 2.45) is 17.3 Å². The lowest BCUT2D eigenvalue weighted by Gasteiger charge is -2.33. The number of fused-ring (bicyclic) bond motifs is 1. The summed E-state index contributed by atoms with van der Waals surface area (Å²) in [6.45, 7) is 1.23. The highest BCUT2D eigenvalue weighted by molar-refractivity contribution is 5.85. The zero-order valence-corrected chi connectivity index (χ0v) is 13.6. The maximum atomic E-state index is 13.9. The van der Waals surface area contributed by atoms with Crippen LogP contribution in [0.4, 0.5) is 8.78 Å². The van der Waals surface area contributed by atoms with Gasteiger partial charge in [0.2, 0.25) is 5.91 Å². The Kier molecular flexibility index (Phi) is 3.79. The van der Waals surface area contributed by atoms with Crippen molar-refractivity contribution >= 4 is 11.9 Å². The molecule has 0 spiro atoms. The third-order valence-electron chi connectivity index (χ3n) is 5.93. The van der Waals surface area contributed by atoms with E-state index in [1.165, 1.54) is 12.1 Å². The van der Waals surface area contributed by atoms with Gasteiger partial charge < -0.3 is 14.7 Å². The number of nitrogens with zero attached hydrogens (tertiary/aromatic N) is 1. The topological polar surface area (TPSA) is 66.8 Å². The molecule has 1 saturated carbocycles. The summed E-state index contributed by atoms with van der Waals surface area (Å²) in [6.07, 6.45) is 0.861. The summed E-state index contributed by atoms with van der Waals surface area (Å²) in [5.74, 6) is -3.81. The van der Waals surface area contributed by atoms with Crippen LogP contribution >= 0.6 is 0 Å². The highest BCUT2D eigenvalue weighted by Crippen LogP contribution is 2.51. The van der Waals surface area contributed by atoms with Crippen molar-refractivity contribution in [1.29, 1.82) is 0 Å². The SMILES string of the molecule is O=C(C1CC1c1cccc(F)c1F)N1C[C@H]2COCC[C@@]2(C(=O)O)C1. The van der Waals surface area contributed by atoms with Gasteiger partial charge >= 0.3 is 5.97 Å². The molecule has 134 valence electrons. The zero-order valence-electron chi connectivity index (χ0n) is 13.6. The van der Waals surface area contributed by atoms with Crippen LogP contribution in [0, 0.1) is 28.9 Å². The van der Waals surface area contributed by atoms with Gasteiger partial charge in [-0.05, 0) is 30.4 Å². The first kappa shape index (κ1) is 16.4. The monoisotopic (exact) mass is 351 g/mol. The molecule has 2 aliphatic heterocycles. The van der Waals surface area contributed by atoms with Crippen LogP contribution in [0.3, 0.4) is 0 Å². The molecule has 0 radical (unpaired) electrons. The van der Waals surface area contributed by atoms with Crippen LogP contribution in [0.5, 0.6) is 0 Å². The van der Waals surface area contributed by atoms with E-state index in [0.29, 0.717) is 32.6 Å². The predicted molar refractivity (Wildman–Crippen MR) is 82.8 cm³/mol. The van der Waals surface area contributed by atoms with Gasteiger partial charge in [0, 0.05) is 31.5 Å². The number of halogens is 2. The van der Waals surface area contributed by atoms with Crippen molar-refractivity contribution in [1.82, 2.24) is 4.90 Å². The second-order valence-corrected chi connectivity index (χ2v) is 7.29. The first-order valence-electron chi connectivity index (χ1n) is 8.48. The number of hydrogen-bond donors (Lipinski definition) is 1. The molecular formula is C18H19F2NO4. The molecule has 0 bridgehead atoms. The van der Waals surface area contributed by atoms with Crippen LogP contribution in [0.15, 0.2) is 18.2 Å². The van der Waals surface area contributed by atoms with Gasteiger partial charge in [-0.3, -0.25) is 9.59 Å². The molecule has 1 aliphatic carbocycles. The van der Waals surface area contributed by atoms with E-state index in [4.69, 9.17) is 4.74 Å². The van der Waals surface area contributed by atoms with E-state index >= 15 is 0 Å². The fourth-order valence-corrected chi connectivity index (χ4v) is 4.32. The van der Waals surface area contributed by atoms with Crippen molar-refractivity contribution in [2.75, 3.05) is 26.3 Å². The summed E-state index contributed by atoms with van der Waals surface area (Å²) in [7, 11) is 0. The molecule has 1 aromatic rings. The van der Waals surface area contributed by atoms with Crippen LogP contribution in [0.25, 0.3) is 0 Å². The van der Waals surface area contributed by atoms with Crippen LogP contribution in [-0.2, 0) is 14.3 Å². The Morgan fingerprint density at radius 1 is 1.32 bits per heavy atom. The molecule has 5 nitrogen and oxygen atoms in total. The van der Waals surface area contributed by atoms with Gasteiger partial charge in [-0.25, -0.2) is 8.78 Å². The van der Waals surface area contributed by atoms with Gasteiger partial charge in [0.1, 0.15) is 0 Å². The number of ether oxygens (including phenoxy) is 1. The predicted octanol–water partition coefficient (Wildman–Crippen LogP) is 2.02. The second-order valence-electron chi connectivity index (χ2n) is 7.29. The summed E-state index contributed by atoms with van der Waals surface area (Å²) in [5.41, 5.74) is -0.714. The lowest BCUT2D eigenvalue weighted by atomic mass is 9.74. The normalized spacial score (nSPS) is 33.8. The Morgan fingerprint density at radius 3 is 2.84 bits per heavy atom. The Labute approximate surface area is 143 Å². The van der Waals surface area contributed by atoms with Crippen LogP contribution in [0.2, 0.25) is 0 Å². The zero-order chi connectivity index (χ0) is 17.8. The molecule has 2 heterocycles. The van der Waals surface area contributed by atoms with E-state index in [1.807, 2.05) is 0 Å². The van der Waals surface area contributed by atoms with E-state index in [0.717, 1.165) is 6.07 Å². The van der Waals surface area contributed by atoms with E-state index in [-0.39, 0.29) is 29.9 Å². The first-order chi connectivity index (χ1) is 11.9. The number of hydrogen-bond acceptors (Lipinski definition) is 3. The molecule has 3 aliphatic rings. The standard InChI is InChI=1S/C18H19F2NO4/c19-14-3-1-2-11(15(14)20)12-6-13(12)16(22)21-7-10-8-25-5-4-18(10,9-21)17(23)24/h1-3,10,12-13H,4-9H2,(H,23,24)/t10-,12?,13?,18+/m0/s1. The largest absolute Gasteiger partial charge is 0.481 e. The van der Waals surface area contributed by atoms with Gasteiger partial charge in [-0.2, -0.15) is 0 Å². The molecule has 1 aromatic carbocycles. The van der Waals surface area contributed by atoms with E-state index in [9.17, 15) is 23.5 Å². The van der Waals surface area contributed by atoms with Gasteiger partial charge in [-0.1, -0.05) is 12.1 Å². The number of aliphatic carboxylic acids is 1. The second kappa shape index (κ2) is 5.76. The van der Waals surface area contributed by atoms with E-state index in [2.05, 4.69) is 0 Å². The Bertz CT molecular complexity index is 740. The van der Waals surface area contributed by atoms with E-state index < -0.39 is 28.9 Å². The van der Waals surface area contributed by atoms with Crippen molar-refractivity contribution in [3.63, 3.8) is 0 Å². The molecule has 3 fully saturated rings. The summed E-state index contributed by atoms with van der Waals surface area (Å²) in [4.78, 5) is 26.1. The third kappa shape index (κ3) is 2.52. The number of carboxylic acid groups (broad SMARTS) is 1. The average Bonchev–Trinajstić information content (AvgIpc) is 3.27. The highest BCUT2D eigenvalue weighted by Gasteiger charge is 2.57. The molecule has 25 heavy (non-hydrogen) atoms. The van der Waals surface area contributed by atoms with Gasteiger partial charge in [0.25, 0.3) is 0 Å². The van der Waals surface area contributed by atoms with Crippen molar-refractivity contribution in [3.05, 3.63) is 35.4 Å². The smallest absolute Gasteiger partial charge is 0.311 e. The van der Waals surface area contributed by atoms with Gasteiger partial charge in [0.15, 0.2) is 11.6 Å². The summed E-state index contributed by atoms with van der Waals surface area (Å²) in [5, 5.41) is 9.67. The van der Waals surface area contributed by atoms with Crippen molar-refractivity contribution in [3.8, 4) is 0 Å². The maximum absolute atomic E-state index is 13.9. The molecule has 1 N–H and O–H groups in total. The maximum Gasteiger partial charge on any atom is 0.311 e. The van der Waals surface area contributed by atoms with E-state index in [1.54, 1.807) is 4.90 Å². The molecule has 2 unspecified atom stereocenters. The quantitative estimate of drug-likeness (QED) is 0.905. The molecule has 7 heteroatoms. The highest BCUT2D eigenvalue weighted by atomic mass is 19.2. The lowest BCUT2D eigenvalue weighted by Crippen LogP contribution is -2.45. The number of rotatable bonds is 3. The number of carbonyl (C=O) groups is 2. The molecule has 0 aromatic heterocycles. The molecular weight excluding hydrogens is 332 g/mol. The summed E-state index contributed by atoms with van der Waals surface area (Å²) < 4.78 is 32.7. The molecule has 1 amide bonds. The lowest BCUT2D eigenvalue weighted by molar-refractivity contribution is -0.157. The van der Waals surface area contributed by atoms with Crippen molar-refractivity contribution in [2.45, 2.75) is 18.8 Å². The first-order valence-corrected chi connectivity index (χ1v) is 8.48. The van der Waals surface area contributed by atoms with Gasteiger partial charge in [-0.15, -0.1) is 0 Å². The minimum Gasteiger partial charge on any atom is -0.481 e. The fourth-order valence-electron chi connectivity index (χ4n) is 4.32. The number of carboxylic acids is 1. The Hall–Kier alpha value is -2.02. The fraction of sp³-hybridized carbons (Fsp3) is 0.556. The Morgan fingerprint density at radius 2 is 2.12 bits per heavy atom. The minimum absolute atomic E-state index is 0.163.